The summed E-state index contributed by atoms with van der Waals surface area (Å²) in [6.45, 7) is 1.93. The van der Waals surface area contributed by atoms with E-state index in [9.17, 15) is 4.79 Å². The Bertz CT molecular complexity index is 564. The minimum absolute atomic E-state index is 0.0812. The Labute approximate surface area is 117 Å². The highest BCUT2D eigenvalue weighted by Crippen LogP contribution is 2.16. The van der Waals surface area contributed by atoms with Gasteiger partial charge in [0.05, 0.1) is 6.04 Å². The van der Waals surface area contributed by atoms with Crippen molar-refractivity contribution >= 4 is 23.2 Å². The van der Waals surface area contributed by atoms with Crippen molar-refractivity contribution in [3.63, 3.8) is 0 Å². The molecule has 0 unspecified atom stereocenters. The van der Waals surface area contributed by atoms with E-state index >= 15 is 0 Å². The zero-order valence-corrected chi connectivity index (χ0v) is 11.3. The molecule has 2 rings (SSSR count). The Hall–Kier alpha value is -2.00. The highest BCUT2D eigenvalue weighted by molar-refractivity contribution is 6.30. The molecule has 4 heteroatoms. The second-order valence-electron chi connectivity index (χ2n) is 4.37. The Morgan fingerprint density at radius 3 is 2.26 bits per heavy atom. The maximum absolute atomic E-state index is 12.0. The summed E-state index contributed by atoms with van der Waals surface area (Å²) in [6.07, 6.45) is 0. The van der Waals surface area contributed by atoms with E-state index < -0.39 is 0 Å². The van der Waals surface area contributed by atoms with Crippen LogP contribution in [0.4, 0.5) is 5.69 Å². The topological polar surface area (TPSA) is 55.1 Å². The fraction of sp³-hybridized carbons (Fsp3) is 0.133. The van der Waals surface area contributed by atoms with Gasteiger partial charge in [-0.05, 0) is 48.9 Å². The molecule has 0 radical (unpaired) electrons. The van der Waals surface area contributed by atoms with Gasteiger partial charge in [-0.25, -0.2) is 0 Å². The number of hydrogen-bond acceptors (Lipinski definition) is 2. The highest BCUT2D eigenvalue weighted by atomic mass is 35.5. The lowest BCUT2D eigenvalue weighted by molar-refractivity contribution is 0.0940. The maximum atomic E-state index is 12.0. The molecule has 0 aliphatic carbocycles. The number of hydrogen-bond donors (Lipinski definition) is 2. The van der Waals surface area contributed by atoms with Crippen molar-refractivity contribution in [3.8, 4) is 0 Å². The number of benzene rings is 2. The number of anilines is 1. The molecule has 1 atom stereocenters. The molecule has 19 heavy (non-hydrogen) atoms. The number of amides is 1. The molecule has 98 valence electrons. The summed E-state index contributed by atoms with van der Waals surface area (Å²) in [5.41, 5.74) is 7.83. The molecule has 0 aliphatic heterocycles. The lowest BCUT2D eigenvalue weighted by atomic mass is 10.1. The van der Waals surface area contributed by atoms with Crippen molar-refractivity contribution in [2.45, 2.75) is 13.0 Å². The van der Waals surface area contributed by atoms with Gasteiger partial charge in [0.15, 0.2) is 0 Å². The van der Waals surface area contributed by atoms with Crippen molar-refractivity contribution in [1.29, 1.82) is 0 Å². The normalized spacial score (nSPS) is 11.9. The molecule has 1 amide bonds. The van der Waals surface area contributed by atoms with E-state index in [1.807, 2.05) is 31.2 Å². The van der Waals surface area contributed by atoms with E-state index in [2.05, 4.69) is 5.32 Å². The Balaban J connectivity index is 2.06. The molecule has 0 spiro atoms. The number of nitrogens with two attached hydrogens (primary N) is 1. The Kier molecular flexibility index (Phi) is 4.07. The van der Waals surface area contributed by atoms with Crippen molar-refractivity contribution in [3.05, 3.63) is 64.7 Å². The van der Waals surface area contributed by atoms with E-state index in [0.717, 1.165) is 5.56 Å². The second kappa shape index (κ2) is 5.76. The van der Waals surface area contributed by atoms with Gasteiger partial charge in [0.1, 0.15) is 0 Å². The van der Waals surface area contributed by atoms with Crippen LogP contribution in [0, 0.1) is 0 Å². The summed E-state index contributed by atoms with van der Waals surface area (Å²) in [5, 5.41) is 3.61. The van der Waals surface area contributed by atoms with E-state index in [-0.39, 0.29) is 11.9 Å². The fourth-order valence-corrected chi connectivity index (χ4v) is 1.88. The van der Waals surface area contributed by atoms with Gasteiger partial charge >= 0.3 is 0 Å². The zero-order valence-electron chi connectivity index (χ0n) is 10.6. The average Bonchev–Trinajstić information content (AvgIpc) is 2.40. The maximum Gasteiger partial charge on any atom is 0.251 e. The van der Waals surface area contributed by atoms with Crippen LogP contribution in [-0.2, 0) is 0 Å². The number of nitrogen functional groups attached to an aromatic ring is 1. The summed E-state index contributed by atoms with van der Waals surface area (Å²) < 4.78 is 0. The molecule has 3 N–H and O–H groups in total. The fourth-order valence-electron chi connectivity index (χ4n) is 1.75. The van der Waals surface area contributed by atoms with Gasteiger partial charge in [0, 0.05) is 16.3 Å². The summed E-state index contributed by atoms with van der Waals surface area (Å²) in [7, 11) is 0. The van der Waals surface area contributed by atoms with Crippen LogP contribution < -0.4 is 11.1 Å². The number of nitrogens with one attached hydrogen (secondary N) is 1. The molecule has 0 heterocycles. The second-order valence-corrected chi connectivity index (χ2v) is 4.81. The smallest absolute Gasteiger partial charge is 0.251 e. The quantitative estimate of drug-likeness (QED) is 0.843. The molecule has 3 nitrogen and oxygen atoms in total. The monoisotopic (exact) mass is 274 g/mol. The number of carbonyl (C=O) groups excluding carboxylic acids is 1. The van der Waals surface area contributed by atoms with Crippen molar-refractivity contribution < 1.29 is 4.79 Å². The predicted octanol–water partition coefficient (Wildman–Crippen LogP) is 3.41. The van der Waals surface area contributed by atoms with Gasteiger partial charge in [0.2, 0.25) is 0 Å². The van der Waals surface area contributed by atoms with E-state index in [1.165, 1.54) is 0 Å². The Morgan fingerprint density at radius 1 is 1.11 bits per heavy atom. The third kappa shape index (κ3) is 3.48. The predicted molar refractivity (Wildman–Crippen MR) is 78.2 cm³/mol. The average molecular weight is 275 g/mol. The molecular formula is C15H15ClN2O. The third-order valence-electron chi connectivity index (χ3n) is 2.89. The SMILES string of the molecule is C[C@H](NC(=O)c1ccc(N)cc1)c1ccc(Cl)cc1. The summed E-state index contributed by atoms with van der Waals surface area (Å²) in [5.74, 6) is -0.123. The van der Waals surface area contributed by atoms with Crippen LogP contribution in [0.2, 0.25) is 5.02 Å². The lowest BCUT2D eigenvalue weighted by Gasteiger charge is -2.14. The lowest BCUT2D eigenvalue weighted by Crippen LogP contribution is -2.26. The van der Waals surface area contributed by atoms with Gasteiger partial charge in [-0.1, -0.05) is 23.7 Å². The minimum Gasteiger partial charge on any atom is -0.399 e. The standard InChI is InChI=1S/C15H15ClN2O/c1-10(11-2-6-13(16)7-3-11)18-15(19)12-4-8-14(17)9-5-12/h2-10H,17H2,1H3,(H,18,19)/t10-/m0/s1. The van der Waals surface area contributed by atoms with Gasteiger partial charge in [0.25, 0.3) is 5.91 Å². The van der Waals surface area contributed by atoms with Crippen molar-refractivity contribution in [2.75, 3.05) is 5.73 Å². The summed E-state index contributed by atoms with van der Waals surface area (Å²) >= 11 is 5.83. The number of carbonyl (C=O) groups is 1. The first kappa shape index (κ1) is 13.4. The molecule has 0 aliphatic rings. The highest BCUT2D eigenvalue weighted by Gasteiger charge is 2.11. The molecule has 2 aromatic rings. The van der Waals surface area contributed by atoms with Crippen LogP contribution in [-0.4, -0.2) is 5.91 Å². The molecule has 0 saturated heterocycles. The van der Waals surface area contributed by atoms with Crippen LogP contribution in [0.15, 0.2) is 48.5 Å². The molecular weight excluding hydrogens is 260 g/mol. The van der Waals surface area contributed by atoms with Crippen LogP contribution >= 0.6 is 11.6 Å². The van der Waals surface area contributed by atoms with E-state index in [0.29, 0.717) is 16.3 Å². The largest absolute Gasteiger partial charge is 0.399 e. The van der Waals surface area contributed by atoms with E-state index in [4.69, 9.17) is 17.3 Å². The van der Waals surface area contributed by atoms with Crippen LogP contribution in [0.1, 0.15) is 28.9 Å². The number of rotatable bonds is 3. The first-order valence-corrected chi connectivity index (χ1v) is 6.36. The first-order chi connectivity index (χ1) is 9.06. The number of halogens is 1. The first-order valence-electron chi connectivity index (χ1n) is 5.98. The Morgan fingerprint density at radius 2 is 1.68 bits per heavy atom. The van der Waals surface area contributed by atoms with Gasteiger partial charge < -0.3 is 11.1 Å². The molecule has 0 fully saturated rings. The minimum atomic E-state index is -0.123. The van der Waals surface area contributed by atoms with Crippen LogP contribution in [0.5, 0.6) is 0 Å². The molecule has 2 aromatic carbocycles. The van der Waals surface area contributed by atoms with Crippen molar-refractivity contribution in [1.82, 2.24) is 5.32 Å². The van der Waals surface area contributed by atoms with Crippen LogP contribution in [0.25, 0.3) is 0 Å². The van der Waals surface area contributed by atoms with Crippen molar-refractivity contribution in [2.24, 2.45) is 0 Å². The van der Waals surface area contributed by atoms with Gasteiger partial charge in [-0.2, -0.15) is 0 Å². The van der Waals surface area contributed by atoms with E-state index in [1.54, 1.807) is 24.3 Å². The molecule has 0 bridgehead atoms. The third-order valence-corrected chi connectivity index (χ3v) is 3.14. The zero-order chi connectivity index (χ0) is 13.8. The summed E-state index contributed by atoms with van der Waals surface area (Å²) in [4.78, 5) is 12.0. The van der Waals surface area contributed by atoms with Crippen LogP contribution in [0.3, 0.4) is 0 Å². The molecule has 0 saturated carbocycles. The molecule has 0 aromatic heterocycles. The van der Waals surface area contributed by atoms with Gasteiger partial charge in [-0.3, -0.25) is 4.79 Å². The summed E-state index contributed by atoms with van der Waals surface area (Å²) in [6, 6.07) is 14.2. The van der Waals surface area contributed by atoms with Gasteiger partial charge in [-0.15, -0.1) is 0 Å².